The molecule has 0 unspecified atom stereocenters. The van der Waals surface area contributed by atoms with Crippen LogP contribution < -0.4 is 34.7 Å². The van der Waals surface area contributed by atoms with Gasteiger partial charge in [0.15, 0.2) is 25.6 Å². The molecular formula is C86H121N5O23Si. The highest BCUT2D eigenvalue weighted by atomic mass is 28.4. The van der Waals surface area contributed by atoms with Crippen LogP contribution in [0.15, 0.2) is 90.0 Å². The number of esters is 3. The number of nitrogen functional groups attached to an aromatic ring is 1. The first-order valence-corrected chi connectivity index (χ1v) is 42.1. The number of benzene rings is 4. The molecule has 0 aliphatic carbocycles. The molecule has 115 heavy (non-hydrogen) atoms. The predicted molar refractivity (Wildman–Crippen MR) is 436 cm³/mol. The molecule has 3 aliphatic rings. The van der Waals surface area contributed by atoms with E-state index in [1.54, 1.807) is 89.5 Å². The molecule has 632 valence electrons. The van der Waals surface area contributed by atoms with Crippen LogP contribution in [0.2, 0.25) is 18.1 Å². The molecule has 4 aromatic carbocycles. The number of carbonyl (C=O) groups excluding carboxylic acids is 8. The minimum atomic E-state index is -2.14. The van der Waals surface area contributed by atoms with Crippen LogP contribution in [0.1, 0.15) is 202 Å². The molecular weight excluding hydrogens is 1500 g/mol. The number of methoxy groups -OCH3 is 2. The molecule has 0 spiro atoms. The van der Waals surface area contributed by atoms with E-state index >= 15 is 0 Å². The van der Waals surface area contributed by atoms with Crippen molar-refractivity contribution in [3.8, 4) is 28.7 Å². The third-order valence-corrected chi connectivity index (χ3v) is 24.4. The zero-order valence-electron chi connectivity index (χ0n) is 70.7. The van der Waals surface area contributed by atoms with Crippen molar-refractivity contribution in [3.05, 3.63) is 124 Å². The Hall–Kier alpha value is -9.39. The number of nitrogens with two attached hydrogens (primary N) is 1. The number of hydrogen-bond acceptors (Lipinski definition) is 24. The lowest BCUT2D eigenvalue weighted by atomic mass is 9.91. The fraction of sp³-hybridized carbons (Fsp3) is 0.570. The van der Waals surface area contributed by atoms with Gasteiger partial charge in [0.25, 0.3) is 11.8 Å². The van der Waals surface area contributed by atoms with Crippen molar-refractivity contribution in [2.45, 2.75) is 241 Å². The summed E-state index contributed by atoms with van der Waals surface area (Å²) < 4.78 is 89.6. The van der Waals surface area contributed by atoms with Gasteiger partial charge in [-0.1, -0.05) is 65.0 Å². The van der Waals surface area contributed by atoms with Crippen LogP contribution in [0, 0.1) is 12.8 Å². The summed E-state index contributed by atoms with van der Waals surface area (Å²) in [5, 5.41) is 2.77. The van der Waals surface area contributed by atoms with Gasteiger partial charge in [-0.25, -0.2) is 9.59 Å². The van der Waals surface area contributed by atoms with E-state index in [1.165, 1.54) is 52.3 Å². The van der Waals surface area contributed by atoms with E-state index in [-0.39, 0.29) is 154 Å². The predicted octanol–water partition coefficient (Wildman–Crippen LogP) is 15.0. The summed E-state index contributed by atoms with van der Waals surface area (Å²) in [5.41, 5.74) is 10.4. The van der Waals surface area contributed by atoms with E-state index in [4.69, 9.17) is 76.5 Å². The number of rotatable bonds is 38. The Morgan fingerprint density at radius 3 is 1.86 bits per heavy atom. The minimum absolute atomic E-state index is 0.00726. The molecule has 0 bridgehead atoms. The summed E-state index contributed by atoms with van der Waals surface area (Å²) in [7, 11) is 0.813. The zero-order valence-corrected chi connectivity index (χ0v) is 71.7. The van der Waals surface area contributed by atoms with Crippen LogP contribution in [0.25, 0.3) is 0 Å². The number of nitrogens with one attached hydrogen (secondary N) is 1. The molecule has 3 N–H and O–H groups in total. The fourth-order valence-corrected chi connectivity index (χ4v) is 14.0. The summed E-state index contributed by atoms with van der Waals surface area (Å²) in [5.74, 6) is -1.99. The first-order chi connectivity index (χ1) is 54.0. The van der Waals surface area contributed by atoms with E-state index in [1.807, 2.05) is 26.0 Å². The molecule has 0 saturated carbocycles. The number of amides is 4. The zero-order chi connectivity index (χ0) is 84.9. The van der Waals surface area contributed by atoms with Gasteiger partial charge in [-0.15, -0.1) is 0 Å². The summed E-state index contributed by atoms with van der Waals surface area (Å²) in [4.78, 5) is 115. The van der Waals surface area contributed by atoms with Gasteiger partial charge in [0, 0.05) is 89.2 Å². The van der Waals surface area contributed by atoms with Crippen LogP contribution in [0.5, 0.6) is 28.7 Å². The Kier molecular flexibility index (Phi) is 33.8. The molecule has 4 amide bonds. The van der Waals surface area contributed by atoms with E-state index in [9.17, 15) is 38.4 Å². The topological polar surface area (TPSA) is 332 Å². The number of anilines is 2. The molecule has 3 fully saturated rings. The highest BCUT2D eigenvalue weighted by Crippen LogP contribution is 2.41. The van der Waals surface area contributed by atoms with Gasteiger partial charge in [-0.05, 0) is 177 Å². The average molecular weight is 1620 g/mol. The number of likely N-dealkylation sites (tertiary alicyclic amines) is 2. The molecule has 3 saturated heterocycles. The lowest BCUT2D eigenvalue weighted by Crippen LogP contribution is -2.57. The van der Waals surface area contributed by atoms with Crippen LogP contribution in [-0.4, -0.2) is 193 Å². The van der Waals surface area contributed by atoms with Gasteiger partial charge in [-0.3, -0.25) is 34.1 Å². The Bertz CT molecular complexity index is 4140. The number of ketones is 1. The summed E-state index contributed by atoms with van der Waals surface area (Å²) >= 11 is 0. The van der Waals surface area contributed by atoms with Crippen molar-refractivity contribution < 1.29 is 109 Å². The van der Waals surface area contributed by atoms with Gasteiger partial charge < -0.3 is 86.3 Å². The van der Waals surface area contributed by atoms with Crippen LogP contribution in [0.4, 0.5) is 21.0 Å². The van der Waals surface area contributed by atoms with Gasteiger partial charge in [0.05, 0.1) is 74.5 Å². The first kappa shape index (κ1) is 92.8. The quantitative estimate of drug-likeness (QED) is 0.00615. The van der Waals surface area contributed by atoms with Crippen LogP contribution in [0.3, 0.4) is 0 Å². The van der Waals surface area contributed by atoms with E-state index in [2.05, 4.69) is 57.3 Å². The number of carbonyl (C=O) groups is 8. The fourth-order valence-electron chi connectivity index (χ4n) is 12.9. The van der Waals surface area contributed by atoms with E-state index in [0.29, 0.717) is 90.3 Å². The Balaban J connectivity index is 1.12. The number of nitrogens with zero attached hydrogens (tertiary/aromatic N) is 3. The van der Waals surface area contributed by atoms with Crippen molar-refractivity contribution >= 4 is 73.1 Å². The molecule has 29 heteroatoms. The Morgan fingerprint density at radius 2 is 1.24 bits per heavy atom. The van der Waals surface area contributed by atoms with Gasteiger partial charge in [0.2, 0.25) is 12.4 Å². The van der Waals surface area contributed by atoms with Gasteiger partial charge in [-0.2, -0.15) is 4.99 Å². The van der Waals surface area contributed by atoms with Crippen molar-refractivity contribution in [1.29, 1.82) is 0 Å². The van der Waals surface area contributed by atoms with Crippen molar-refractivity contribution in [3.63, 3.8) is 0 Å². The SMILES string of the molecule is C=C1C[C@@H](CO[Si](C)(C)C(C)(C)C)N(C(=O)c2cc(C)c(OCc3cc(COc4cc(NC(=O)OCc5ccc(O[C@@H]6O[C@H](C)[C@@H](C)[C@H](OC(C)=O)[C@H]6OC(C)=O)c(C(=O)CCCOC)c5)c(C(=O)N5CC(=C)C[C@H]5CC)cc4OC)cc(OCCOCCOCCCC(CC(=O)OC(C)(C)C)=NC(=O)OC(C)(C)C)c3)cc2N)C1. The molecule has 28 nitrogen and oxygen atoms in total. The van der Waals surface area contributed by atoms with Crippen molar-refractivity contribution in [2.24, 2.45) is 10.9 Å². The smallest absolute Gasteiger partial charge is 0.434 e. The van der Waals surface area contributed by atoms with Gasteiger partial charge >= 0.3 is 30.1 Å². The lowest BCUT2D eigenvalue weighted by molar-refractivity contribution is -0.263. The Labute approximate surface area is 678 Å². The summed E-state index contributed by atoms with van der Waals surface area (Å²) in [6, 6.07) is 16.0. The highest BCUT2D eigenvalue weighted by Gasteiger charge is 2.49. The number of ether oxygens (including phenoxy) is 14. The van der Waals surface area contributed by atoms with E-state index in [0.717, 1.165) is 11.1 Å². The summed E-state index contributed by atoms with van der Waals surface area (Å²) in [6.45, 7) is 41.5. The largest absolute Gasteiger partial charge is 0.493 e. The van der Waals surface area contributed by atoms with E-state index < -0.39 is 86.0 Å². The standard InChI is InChI=1S/C86H121N5O23Si/c1-22-63-35-52(2)46-90(63)80(97)67-43-74(101-19)75(45-70(67)89-82(98)107-48-59-27-28-72(68(41-59)71(94)26-24-29-100-18)112-81-78(111-58(8)93)77(110-57(7)92)55(5)56(6)109-81)106-50-61-38-60(49-105-73-44-69(87)66(37-54(73)4)79(96)91-47-53(3)36-64(91)51-108-115(20,21)86(15,16)17)39-65(40-61)104-34-33-103-32-31-102-30-23-25-62(42-76(95)113-84(9,10)11)88-83(99)114-85(12,13)14/h27-28,37-41,43-45,55-56,63-64,77-78,81H,2-3,22-26,29-36,42,46-51,87H2,1,4-21H3,(H,89,98)/t55-,56-,63-,64+,77+,78-,81+/m1/s1. The monoisotopic (exact) mass is 1620 g/mol. The van der Waals surface area contributed by atoms with Crippen LogP contribution in [-0.2, 0) is 81.3 Å². The van der Waals surface area contributed by atoms with Crippen LogP contribution >= 0.6 is 0 Å². The third-order valence-electron chi connectivity index (χ3n) is 19.9. The minimum Gasteiger partial charge on any atom is -0.493 e. The molecule has 4 aromatic rings. The molecule has 3 heterocycles. The number of aliphatic imine (C=N–C) groups is 1. The second-order valence-electron chi connectivity index (χ2n) is 32.9. The average Bonchev–Trinajstić information content (AvgIpc) is 1.42. The molecule has 0 radical (unpaired) electrons. The maximum atomic E-state index is 14.8. The number of hydrogen-bond donors (Lipinski definition) is 2. The number of Topliss-reactive ketones (excluding diaryl/α,β-unsaturated/α-hetero) is 1. The Morgan fingerprint density at radius 1 is 0.643 bits per heavy atom. The lowest BCUT2D eigenvalue weighted by Gasteiger charge is -2.43. The maximum Gasteiger partial charge on any atom is 0.434 e. The third kappa shape index (κ3) is 28.2. The summed E-state index contributed by atoms with van der Waals surface area (Å²) in [6.07, 6.45) is -3.00. The van der Waals surface area contributed by atoms with Gasteiger partial charge in [0.1, 0.15) is 61.0 Å². The molecule has 7 rings (SSSR count). The maximum absolute atomic E-state index is 14.8. The molecule has 7 atom stereocenters. The van der Waals surface area contributed by atoms with Crippen molar-refractivity contribution in [2.75, 3.05) is 84.6 Å². The highest BCUT2D eigenvalue weighted by molar-refractivity contribution is 6.74. The second-order valence-corrected chi connectivity index (χ2v) is 37.7. The molecule has 3 aliphatic heterocycles. The normalized spacial score (nSPS) is 18.7. The van der Waals surface area contributed by atoms with Crippen molar-refractivity contribution in [1.82, 2.24) is 9.80 Å². The second kappa shape index (κ2) is 42.0. The first-order valence-electron chi connectivity index (χ1n) is 39.2. The molecule has 0 aromatic heterocycles. The number of aryl methyl sites for hydroxylation is 1.